The molecule has 0 aliphatic rings. The van der Waals surface area contributed by atoms with Crippen LogP contribution in [0.3, 0.4) is 0 Å². The van der Waals surface area contributed by atoms with Gasteiger partial charge in [0, 0.05) is 12.1 Å². The van der Waals surface area contributed by atoms with E-state index in [2.05, 4.69) is 58.1 Å². The van der Waals surface area contributed by atoms with E-state index in [1.54, 1.807) is 0 Å². The van der Waals surface area contributed by atoms with E-state index in [4.69, 9.17) is 0 Å². The molecule has 0 saturated heterocycles. The minimum Gasteiger partial charge on any atom is -0.308 e. The molecule has 0 saturated carbocycles. The molecule has 1 aromatic rings. The predicted molar refractivity (Wildman–Crippen MR) is 67.1 cm³/mol. The molecule has 1 rings (SSSR count). The molecular formula is C14H23N. The highest BCUT2D eigenvalue weighted by atomic mass is 14.9. The van der Waals surface area contributed by atoms with Crippen molar-refractivity contribution in [3.05, 3.63) is 34.9 Å². The van der Waals surface area contributed by atoms with Crippen LogP contribution in [0.1, 0.15) is 43.9 Å². The molecule has 15 heavy (non-hydrogen) atoms. The van der Waals surface area contributed by atoms with Crippen molar-refractivity contribution in [1.29, 1.82) is 0 Å². The summed E-state index contributed by atoms with van der Waals surface area (Å²) in [5.74, 6) is 0. The fraction of sp³-hybridized carbons (Fsp3) is 0.571. The molecule has 0 aromatic heterocycles. The van der Waals surface area contributed by atoms with Gasteiger partial charge in [-0.3, -0.25) is 0 Å². The number of hydrogen-bond donors (Lipinski definition) is 1. The lowest BCUT2D eigenvalue weighted by molar-refractivity contribution is 0.374. The van der Waals surface area contributed by atoms with E-state index in [0.717, 1.165) is 13.0 Å². The first-order valence-electron chi connectivity index (χ1n) is 5.76. The highest BCUT2D eigenvalue weighted by Crippen LogP contribution is 2.12. The van der Waals surface area contributed by atoms with E-state index in [9.17, 15) is 0 Å². The minimum absolute atomic E-state index is 0.235. The van der Waals surface area contributed by atoms with Crippen LogP contribution in [-0.2, 0) is 6.54 Å². The van der Waals surface area contributed by atoms with Crippen molar-refractivity contribution in [1.82, 2.24) is 5.32 Å². The Bertz CT molecular complexity index is 326. The summed E-state index contributed by atoms with van der Waals surface area (Å²) in [4.78, 5) is 0. The zero-order valence-electron chi connectivity index (χ0n) is 10.6. The molecule has 0 fully saturated rings. The molecule has 1 N–H and O–H groups in total. The molecule has 0 aliphatic carbocycles. The van der Waals surface area contributed by atoms with Gasteiger partial charge in [-0.15, -0.1) is 0 Å². The predicted octanol–water partition coefficient (Wildman–Crippen LogP) is 3.58. The van der Waals surface area contributed by atoms with Crippen LogP contribution in [0.25, 0.3) is 0 Å². The van der Waals surface area contributed by atoms with Gasteiger partial charge in [0.2, 0.25) is 0 Å². The Morgan fingerprint density at radius 2 is 1.80 bits per heavy atom. The van der Waals surface area contributed by atoms with Crippen molar-refractivity contribution in [2.75, 3.05) is 0 Å². The van der Waals surface area contributed by atoms with Crippen molar-refractivity contribution in [3.63, 3.8) is 0 Å². The smallest absolute Gasteiger partial charge is 0.0210 e. The summed E-state index contributed by atoms with van der Waals surface area (Å²) in [6.07, 6.45) is 1.15. The molecular weight excluding hydrogens is 182 g/mol. The molecule has 0 unspecified atom stereocenters. The molecule has 1 heteroatoms. The first kappa shape index (κ1) is 12.3. The number of aryl methyl sites for hydroxylation is 2. The van der Waals surface area contributed by atoms with Crippen molar-refractivity contribution in [2.24, 2.45) is 0 Å². The van der Waals surface area contributed by atoms with E-state index in [-0.39, 0.29) is 5.54 Å². The van der Waals surface area contributed by atoms with Gasteiger partial charge >= 0.3 is 0 Å². The van der Waals surface area contributed by atoms with Crippen LogP contribution in [0.2, 0.25) is 0 Å². The maximum Gasteiger partial charge on any atom is 0.0210 e. The Balaban J connectivity index is 2.62. The van der Waals surface area contributed by atoms with Crippen molar-refractivity contribution in [2.45, 2.75) is 53.1 Å². The highest BCUT2D eigenvalue weighted by Gasteiger charge is 2.13. The normalized spacial score (nSPS) is 11.8. The lowest BCUT2D eigenvalue weighted by Gasteiger charge is -2.24. The van der Waals surface area contributed by atoms with Gasteiger partial charge in [0.25, 0.3) is 0 Å². The lowest BCUT2D eigenvalue weighted by atomic mass is 10.0. The van der Waals surface area contributed by atoms with Crippen molar-refractivity contribution < 1.29 is 0 Å². The minimum atomic E-state index is 0.235. The zero-order valence-corrected chi connectivity index (χ0v) is 10.6. The maximum absolute atomic E-state index is 3.57. The molecule has 0 spiro atoms. The van der Waals surface area contributed by atoms with Gasteiger partial charge in [0.1, 0.15) is 0 Å². The van der Waals surface area contributed by atoms with Crippen molar-refractivity contribution >= 4 is 0 Å². The SMILES string of the molecule is CCC(C)(C)NCc1ccc(C)c(C)c1. The Kier molecular flexibility index (Phi) is 3.92. The second-order valence-electron chi connectivity index (χ2n) is 5.01. The first-order valence-corrected chi connectivity index (χ1v) is 5.76. The average molecular weight is 205 g/mol. The Labute approximate surface area is 93.9 Å². The average Bonchev–Trinajstić information content (AvgIpc) is 2.20. The fourth-order valence-corrected chi connectivity index (χ4v) is 1.38. The number of benzene rings is 1. The second kappa shape index (κ2) is 4.80. The molecule has 0 radical (unpaired) electrons. The van der Waals surface area contributed by atoms with Gasteiger partial charge in [0.05, 0.1) is 0 Å². The third-order valence-electron chi connectivity index (χ3n) is 3.23. The van der Waals surface area contributed by atoms with Gasteiger partial charge in [-0.1, -0.05) is 25.1 Å². The van der Waals surface area contributed by atoms with Crippen LogP contribution in [-0.4, -0.2) is 5.54 Å². The van der Waals surface area contributed by atoms with Crippen LogP contribution in [0.15, 0.2) is 18.2 Å². The van der Waals surface area contributed by atoms with Gasteiger partial charge in [-0.25, -0.2) is 0 Å². The fourth-order valence-electron chi connectivity index (χ4n) is 1.38. The molecule has 1 nitrogen and oxygen atoms in total. The van der Waals surface area contributed by atoms with Crippen LogP contribution in [0.5, 0.6) is 0 Å². The Morgan fingerprint density at radius 1 is 1.13 bits per heavy atom. The van der Waals surface area contributed by atoms with Crippen molar-refractivity contribution in [3.8, 4) is 0 Å². The number of rotatable bonds is 4. The molecule has 84 valence electrons. The number of nitrogens with one attached hydrogen (secondary N) is 1. The summed E-state index contributed by atoms with van der Waals surface area (Å²) >= 11 is 0. The summed E-state index contributed by atoms with van der Waals surface area (Å²) in [6, 6.07) is 6.68. The van der Waals surface area contributed by atoms with Gasteiger partial charge in [-0.2, -0.15) is 0 Å². The van der Waals surface area contributed by atoms with Crippen LogP contribution < -0.4 is 5.32 Å². The first-order chi connectivity index (χ1) is 6.94. The van der Waals surface area contributed by atoms with Gasteiger partial charge < -0.3 is 5.32 Å². The van der Waals surface area contributed by atoms with E-state index < -0.39 is 0 Å². The summed E-state index contributed by atoms with van der Waals surface area (Å²) < 4.78 is 0. The number of hydrogen-bond acceptors (Lipinski definition) is 1. The molecule has 0 atom stereocenters. The summed E-state index contributed by atoms with van der Waals surface area (Å²) in [5.41, 5.74) is 4.36. The molecule has 1 aromatic carbocycles. The summed E-state index contributed by atoms with van der Waals surface area (Å²) in [5, 5.41) is 3.57. The van der Waals surface area contributed by atoms with Crippen LogP contribution in [0.4, 0.5) is 0 Å². The quantitative estimate of drug-likeness (QED) is 0.792. The van der Waals surface area contributed by atoms with Gasteiger partial charge in [-0.05, 0) is 50.8 Å². The van der Waals surface area contributed by atoms with Gasteiger partial charge in [0.15, 0.2) is 0 Å². The molecule has 0 bridgehead atoms. The van der Waals surface area contributed by atoms with E-state index in [0.29, 0.717) is 0 Å². The topological polar surface area (TPSA) is 12.0 Å². The maximum atomic E-state index is 3.57. The lowest BCUT2D eigenvalue weighted by Crippen LogP contribution is -2.37. The third-order valence-corrected chi connectivity index (χ3v) is 3.23. The molecule has 0 heterocycles. The third kappa shape index (κ3) is 3.67. The molecule has 0 amide bonds. The van der Waals surface area contributed by atoms with E-state index in [1.165, 1.54) is 16.7 Å². The second-order valence-corrected chi connectivity index (χ2v) is 5.01. The highest BCUT2D eigenvalue weighted by molar-refractivity contribution is 5.29. The van der Waals surface area contributed by atoms with Crippen LogP contribution in [0, 0.1) is 13.8 Å². The monoisotopic (exact) mass is 205 g/mol. The molecule has 0 aliphatic heterocycles. The van der Waals surface area contributed by atoms with E-state index in [1.807, 2.05) is 0 Å². The van der Waals surface area contributed by atoms with E-state index >= 15 is 0 Å². The largest absolute Gasteiger partial charge is 0.308 e. The summed E-state index contributed by atoms with van der Waals surface area (Å²) in [7, 11) is 0. The Morgan fingerprint density at radius 3 is 2.33 bits per heavy atom. The standard InChI is InChI=1S/C14H23N/c1-6-14(4,5)15-10-13-8-7-11(2)12(3)9-13/h7-9,15H,6,10H2,1-5H3. The Hall–Kier alpha value is -0.820. The summed E-state index contributed by atoms with van der Waals surface area (Å²) in [6.45, 7) is 12.0. The van der Waals surface area contributed by atoms with Crippen LogP contribution >= 0.6 is 0 Å². The zero-order chi connectivity index (χ0) is 11.5.